The number of aromatic nitrogens is 3. The molecule has 0 atom stereocenters. The number of hydrogen-bond acceptors (Lipinski definition) is 7. The third-order valence-electron chi connectivity index (χ3n) is 5.63. The number of rotatable bonds is 4. The molecule has 1 aliphatic carbocycles. The lowest BCUT2D eigenvalue weighted by Crippen LogP contribution is -2.23. The quantitative estimate of drug-likeness (QED) is 0.387. The Morgan fingerprint density at radius 3 is 2.46 bits per heavy atom. The van der Waals surface area contributed by atoms with Gasteiger partial charge >= 0.3 is 0 Å². The van der Waals surface area contributed by atoms with E-state index in [4.69, 9.17) is 28.3 Å². The number of nitrogens with two attached hydrogens (primary N) is 2. The average molecular weight is 492 g/mol. The van der Waals surface area contributed by atoms with Gasteiger partial charge < -0.3 is 16.8 Å². The van der Waals surface area contributed by atoms with Crippen molar-refractivity contribution in [2.24, 2.45) is 5.92 Å². The van der Waals surface area contributed by atoms with Crippen molar-refractivity contribution in [1.82, 2.24) is 14.5 Å². The maximum absolute atomic E-state index is 13.6. The lowest BCUT2D eigenvalue weighted by Gasteiger charge is -2.15. The minimum atomic E-state index is -0.356. The molecule has 5 rings (SSSR count). The molecule has 178 valence electrons. The number of benzene rings is 2. The number of nitrogens with zero attached hydrogens (tertiary/aromatic N) is 4. The Kier molecular flexibility index (Phi) is 6.85. The molecule has 8 nitrogen and oxygen atoms in total. The second-order valence-corrected chi connectivity index (χ2v) is 8.57. The van der Waals surface area contributed by atoms with Crippen LogP contribution in [0.2, 0.25) is 5.02 Å². The largest absolute Gasteiger partial charge is 0.382 e. The summed E-state index contributed by atoms with van der Waals surface area (Å²) in [5.41, 5.74) is 12.2. The van der Waals surface area contributed by atoms with Gasteiger partial charge in [0.25, 0.3) is 5.56 Å². The summed E-state index contributed by atoms with van der Waals surface area (Å²) in [7, 11) is 1.64. The minimum Gasteiger partial charge on any atom is -0.382 e. The Bertz CT molecular complexity index is 1490. The first-order valence-corrected chi connectivity index (χ1v) is 11.3. The number of fused-ring (bicyclic) bond motifs is 1. The molecule has 4 aromatic rings. The lowest BCUT2D eigenvalue weighted by atomic mass is 10.1. The zero-order valence-electron chi connectivity index (χ0n) is 18.9. The van der Waals surface area contributed by atoms with E-state index in [1.807, 2.05) is 24.3 Å². The van der Waals surface area contributed by atoms with E-state index < -0.39 is 0 Å². The molecular formula is C25H23ClFN7O. The van der Waals surface area contributed by atoms with Crippen LogP contribution in [-0.2, 0) is 6.42 Å². The van der Waals surface area contributed by atoms with E-state index in [0.29, 0.717) is 28.0 Å². The van der Waals surface area contributed by atoms with E-state index in [2.05, 4.69) is 15.3 Å². The molecule has 1 fully saturated rings. The predicted molar refractivity (Wildman–Crippen MR) is 136 cm³/mol. The SMILES string of the molecule is CNc1nc(N)c(C#N)c(N)n1.O=c1c2c(Cl)cccc2cc(CC2CC2)n1-c1cccc(F)c1. The van der Waals surface area contributed by atoms with E-state index in [1.54, 1.807) is 29.8 Å². The van der Waals surface area contributed by atoms with Crippen LogP contribution in [0, 0.1) is 23.1 Å². The smallest absolute Gasteiger partial charge is 0.264 e. The number of nitriles is 1. The summed E-state index contributed by atoms with van der Waals surface area (Å²) in [6.07, 6.45) is 3.20. The zero-order chi connectivity index (χ0) is 25.1. The van der Waals surface area contributed by atoms with Gasteiger partial charge in [-0.3, -0.25) is 9.36 Å². The summed E-state index contributed by atoms with van der Waals surface area (Å²) >= 11 is 6.24. The Labute approximate surface area is 206 Å². The molecule has 5 N–H and O–H groups in total. The first-order chi connectivity index (χ1) is 16.8. The maximum atomic E-state index is 13.6. The number of nitrogen functional groups attached to an aromatic ring is 2. The molecular weight excluding hydrogens is 469 g/mol. The number of nitrogens with one attached hydrogen (secondary N) is 1. The molecule has 2 aromatic heterocycles. The van der Waals surface area contributed by atoms with Crippen molar-refractivity contribution >= 4 is 40.0 Å². The van der Waals surface area contributed by atoms with E-state index in [1.165, 1.54) is 25.0 Å². The summed E-state index contributed by atoms with van der Waals surface area (Å²) in [4.78, 5) is 20.6. The van der Waals surface area contributed by atoms with Crippen molar-refractivity contribution in [3.8, 4) is 11.8 Å². The van der Waals surface area contributed by atoms with Crippen LogP contribution in [0.25, 0.3) is 16.5 Å². The summed E-state index contributed by atoms with van der Waals surface area (Å²) in [6, 6.07) is 15.4. The fraction of sp³-hybridized carbons (Fsp3) is 0.200. The highest BCUT2D eigenvalue weighted by atomic mass is 35.5. The number of anilines is 3. The molecule has 1 saturated carbocycles. The standard InChI is InChI=1S/C19H15ClFNO.C6H8N6/c20-17-6-1-3-13-10-16(9-12-7-8-12)22(19(23)18(13)17)15-5-2-4-14(21)11-15;1-10-6-11-4(8)3(2-7)5(9)12-6/h1-6,10-12H,7-9H2;1H3,(H5,8,9,10,11,12). The fourth-order valence-electron chi connectivity index (χ4n) is 3.76. The lowest BCUT2D eigenvalue weighted by molar-refractivity contribution is 0.625. The van der Waals surface area contributed by atoms with E-state index >= 15 is 0 Å². The molecule has 35 heavy (non-hydrogen) atoms. The van der Waals surface area contributed by atoms with Gasteiger partial charge in [0.2, 0.25) is 5.95 Å². The van der Waals surface area contributed by atoms with Crippen molar-refractivity contribution in [3.63, 3.8) is 0 Å². The Hall–Kier alpha value is -4.16. The molecule has 2 heterocycles. The number of halogens is 2. The van der Waals surface area contributed by atoms with Gasteiger partial charge in [-0.15, -0.1) is 0 Å². The van der Waals surface area contributed by atoms with Gasteiger partial charge in [-0.05, 0) is 60.9 Å². The van der Waals surface area contributed by atoms with E-state index in [0.717, 1.165) is 17.5 Å². The van der Waals surface area contributed by atoms with Crippen LogP contribution in [0.3, 0.4) is 0 Å². The van der Waals surface area contributed by atoms with Gasteiger partial charge in [-0.1, -0.05) is 29.8 Å². The van der Waals surface area contributed by atoms with Crippen LogP contribution in [-0.4, -0.2) is 21.6 Å². The monoisotopic (exact) mass is 491 g/mol. The van der Waals surface area contributed by atoms with Crippen molar-refractivity contribution in [2.75, 3.05) is 23.8 Å². The molecule has 1 aliphatic rings. The van der Waals surface area contributed by atoms with Crippen LogP contribution in [0.4, 0.5) is 22.0 Å². The average Bonchev–Trinajstić information content (AvgIpc) is 3.63. The zero-order valence-corrected chi connectivity index (χ0v) is 19.7. The molecule has 2 aromatic carbocycles. The first kappa shape index (κ1) is 24.0. The van der Waals surface area contributed by atoms with E-state index in [9.17, 15) is 9.18 Å². The first-order valence-electron chi connectivity index (χ1n) is 10.9. The van der Waals surface area contributed by atoms with Crippen LogP contribution in [0.5, 0.6) is 0 Å². The Morgan fingerprint density at radius 1 is 1.17 bits per heavy atom. The Balaban J connectivity index is 0.000000204. The second-order valence-electron chi connectivity index (χ2n) is 8.16. The molecule has 0 spiro atoms. The van der Waals surface area contributed by atoms with Gasteiger partial charge in [0.1, 0.15) is 29.1 Å². The molecule has 0 radical (unpaired) electrons. The normalized spacial score (nSPS) is 12.5. The van der Waals surface area contributed by atoms with Crippen molar-refractivity contribution < 1.29 is 4.39 Å². The molecule has 0 amide bonds. The maximum Gasteiger partial charge on any atom is 0.264 e. The van der Waals surface area contributed by atoms with Crippen molar-refractivity contribution in [3.05, 3.63) is 81.0 Å². The summed E-state index contributed by atoms with van der Waals surface area (Å²) < 4.78 is 15.2. The third-order valence-corrected chi connectivity index (χ3v) is 5.95. The van der Waals surface area contributed by atoms with Crippen LogP contribution in [0.1, 0.15) is 24.1 Å². The predicted octanol–water partition coefficient (Wildman–Crippen LogP) is 4.29. The third kappa shape index (κ3) is 5.18. The van der Waals surface area contributed by atoms with Crippen molar-refractivity contribution in [2.45, 2.75) is 19.3 Å². The summed E-state index contributed by atoms with van der Waals surface area (Å²) in [6.45, 7) is 0. The van der Waals surface area contributed by atoms with Crippen LogP contribution in [0.15, 0.2) is 53.3 Å². The highest BCUT2D eigenvalue weighted by molar-refractivity contribution is 6.35. The number of hydrogen-bond donors (Lipinski definition) is 3. The molecule has 0 bridgehead atoms. The van der Waals surface area contributed by atoms with Gasteiger partial charge in [0.05, 0.1) is 16.1 Å². The van der Waals surface area contributed by atoms with Crippen molar-refractivity contribution in [1.29, 1.82) is 5.26 Å². The van der Waals surface area contributed by atoms with Gasteiger partial charge in [0, 0.05) is 12.7 Å². The second kappa shape index (κ2) is 9.99. The summed E-state index contributed by atoms with van der Waals surface area (Å²) in [5.74, 6) is 0.754. The highest BCUT2D eigenvalue weighted by Crippen LogP contribution is 2.34. The molecule has 10 heteroatoms. The van der Waals surface area contributed by atoms with Crippen LogP contribution >= 0.6 is 11.6 Å². The molecule has 0 aliphatic heterocycles. The topological polar surface area (TPSA) is 136 Å². The summed E-state index contributed by atoms with van der Waals surface area (Å²) in [5, 5.41) is 13.0. The molecule has 0 saturated heterocycles. The fourth-order valence-corrected chi connectivity index (χ4v) is 4.02. The van der Waals surface area contributed by atoms with Gasteiger partial charge in [-0.2, -0.15) is 15.2 Å². The van der Waals surface area contributed by atoms with Crippen LogP contribution < -0.4 is 22.3 Å². The van der Waals surface area contributed by atoms with Gasteiger partial charge in [0.15, 0.2) is 0 Å². The Morgan fingerprint density at radius 2 is 1.86 bits per heavy atom. The van der Waals surface area contributed by atoms with E-state index in [-0.39, 0.29) is 28.6 Å². The highest BCUT2D eigenvalue weighted by Gasteiger charge is 2.24. The van der Waals surface area contributed by atoms with Gasteiger partial charge in [-0.25, -0.2) is 4.39 Å². The number of pyridine rings is 1. The minimum absolute atomic E-state index is 0.0920. The molecule has 0 unspecified atom stereocenters.